The Bertz CT molecular complexity index is 1040. The Morgan fingerprint density at radius 3 is 2.42 bits per heavy atom. The van der Waals surface area contributed by atoms with Crippen molar-refractivity contribution in [3.63, 3.8) is 0 Å². The molecule has 1 aliphatic heterocycles. The predicted octanol–water partition coefficient (Wildman–Crippen LogP) is 4.77. The number of hydrogen-bond donors (Lipinski definition) is 1. The molecule has 0 spiro atoms. The van der Waals surface area contributed by atoms with Gasteiger partial charge >= 0.3 is 0 Å². The maximum Gasteiger partial charge on any atom is 0.265 e. The number of hydrogen-bond acceptors (Lipinski definition) is 5. The molecular formula is C25H28N4O2. The molecule has 0 radical (unpaired) electrons. The molecule has 160 valence electrons. The first kappa shape index (κ1) is 20.8. The van der Waals surface area contributed by atoms with Crippen molar-refractivity contribution in [3.8, 4) is 17.0 Å². The van der Waals surface area contributed by atoms with E-state index in [0.29, 0.717) is 5.69 Å². The van der Waals surface area contributed by atoms with Gasteiger partial charge in [0.05, 0.1) is 5.69 Å². The van der Waals surface area contributed by atoms with E-state index in [1.54, 1.807) is 6.92 Å². The molecule has 1 saturated heterocycles. The largest absolute Gasteiger partial charge is 0.481 e. The molecule has 4 rings (SSSR count). The van der Waals surface area contributed by atoms with Gasteiger partial charge in [0.1, 0.15) is 5.75 Å². The number of nitrogens with zero attached hydrogens (tertiary/aromatic N) is 3. The fraction of sp³-hybridized carbons (Fsp3) is 0.320. The van der Waals surface area contributed by atoms with Crippen LogP contribution in [0, 0.1) is 13.8 Å². The lowest BCUT2D eigenvalue weighted by atomic mass is 10.1. The van der Waals surface area contributed by atoms with E-state index in [4.69, 9.17) is 4.74 Å². The van der Waals surface area contributed by atoms with E-state index in [1.165, 1.54) is 12.8 Å². The molecule has 1 amide bonds. The van der Waals surface area contributed by atoms with E-state index in [-0.39, 0.29) is 5.91 Å². The van der Waals surface area contributed by atoms with Crippen LogP contribution in [-0.2, 0) is 4.79 Å². The van der Waals surface area contributed by atoms with Crippen molar-refractivity contribution in [2.24, 2.45) is 0 Å². The molecule has 1 N–H and O–H groups in total. The highest BCUT2D eigenvalue weighted by Gasteiger charge is 2.17. The summed E-state index contributed by atoms with van der Waals surface area (Å²) >= 11 is 0. The topological polar surface area (TPSA) is 67.3 Å². The number of amides is 1. The standard InChI is InChI=1S/C25H28N4O2/c1-17-6-7-18(2)23(16-17)31-19(3)25(30)26-21-10-8-20(9-11-21)22-12-13-24(28-27-22)29-14-4-5-15-29/h6-13,16,19H,4-5,14-15H2,1-3H3,(H,26,30). The van der Waals surface area contributed by atoms with Crippen LogP contribution in [0.5, 0.6) is 5.75 Å². The lowest BCUT2D eigenvalue weighted by molar-refractivity contribution is -0.122. The summed E-state index contributed by atoms with van der Waals surface area (Å²) in [6, 6.07) is 17.6. The lowest BCUT2D eigenvalue weighted by Gasteiger charge is -2.17. The Morgan fingerprint density at radius 1 is 1.00 bits per heavy atom. The van der Waals surface area contributed by atoms with Crippen LogP contribution >= 0.6 is 0 Å². The van der Waals surface area contributed by atoms with Crippen molar-refractivity contribution < 1.29 is 9.53 Å². The lowest BCUT2D eigenvalue weighted by Crippen LogP contribution is -2.30. The normalized spacial score (nSPS) is 14.4. The van der Waals surface area contributed by atoms with Crippen molar-refractivity contribution in [3.05, 3.63) is 65.7 Å². The highest BCUT2D eigenvalue weighted by atomic mass is 16.5. The number of aromatic nitrogens is 2. The van der Waals surface area contributed by atoms with Crippen LogP contribution in [-0.4, -0.2) is 35.3 Å². The van der Waals surface area contributed by atoms with Crippen LogP contribution in [0.1, 0.15) is 30.9 Å². The minimum atomic E-state index is -0.607. The van der Waals surface area contributed by atoms with Crippen molar-refractivity contribution in [2.75, 3.05) is 23.3 Å². The van der Waals surface area contributed by atoms with Gasteiger partial charge in [0.2, 0.25) is 0 Å². The third-order valence-corrected chi connectivity index (χ3v) is 5.55. The molecule has 6 nitrogen and oxygen atoms in total. The zero-order valence-electron chi connectivity index (χ0n) is 18.3. The Morgan fingerprint density at radius 2 is 1.74 bits per heavy atom. The molecule has 1 fully saturated rings. The number of aryl methyl sites for hydroxylation is 2. The first-order valence-electron chi connectivity index (χ1n) is 10.7. The van der Waals surface area contributed by atoms with E-state index in [1.807, 2.05) is 68.4 Å². The number of anilines is 2. The van der Waals surface area contributed by atoms with Gasteiger partial charge in [-0.05, 0) is 75.1 Å². The molecule has 31 heavy (non-hydrogen) atoms. The number of carbonyl (C=O) groups excluding carboxylic acids is 1. The summed E-state index contributed by atoms with van der Waals surface area (Å²) in [7, 11) is 0. The molecule has 0 aliphatic carbocycles. The summed E-state index contributed by atoms with van der Waals surface area (Å²) in [4.78, 5) is 14.8. The van der Waals surface area contributed by atoms with E-state index in [2.05, 4.69) is 20.4 Å². The Balaban J connectivity index is 1.37. The monoisotopic (exact) mass is 416 g/mol. The van der Waals surface area contributed by atoms with E-state index in [0.717, 1.165) is 47.0 Å². The Hall–Kier alpha value is -3.41. The average Bonchev–Trinajstić information content (AvgIpc) is 3.32. The summed E-state index contributed by atoms with van der Waals surface area (Å²) in [5.41, 5.74) is 4.59. The Kier molecular flexibility index (Phi) is 6.16. The van der Waals surface area contributed by atoms with Crippen LogP contribution in [0.15, 0.2) is 54.6 Å². The molecular weight excluding hydrogens is 388 g/mol. The van der Waals surface area contributed by atoms with Gasteiger partial charge in [0.25, 0.3) is 5.91 Å². The first-order valence-corrected chi connectivity index (χ1v) is 10.7. The van der Waals surface area contributed by atoms with Crippen molar-refractivity contribution in [1.82, 2.24) is 10.2 Å². The summed E-state index contributed by atoms with van der Waals surface area (Å²) in [5.74, 6) is 1.47. The third-order valence-electron chi connectivity index (χ3n) is 5.55. The first-order chi connectivity index (χ1) is 15.0. The zero-order valence-corrected chi connectivity index (χ0v) is 18.3. The van der Waals surface area contributed by atoms with Gasteiger partial charge in [-0.3, -0.25) is 4.79 Å². The molecule has 1 aromatic heterocycles. The summed E-state index contributed by atoms with van der Waals surface area (Å²) < 4.78 is 5.87. The highest BCUT2D eigenvalue weighted by molar-refractivity contribution is 5.94. The number of benzene rings is 2. The van der Waals surface area contributed by atoms with Crippen molar-refractivity contribution in [1.29, 1.82) is 0 Å². The number of carbonyl (C=O) groups is 1. The van der Waals surface area contributed by atoms with Crippen molar-refractivity contribution >= 4 is 17.4 Å². The second-order valence-electron chi connectivity index (χ2n) is 8.07. The number of ether oxygens (including phenoxy) is 1. The van der Waals surface area contributed by atoms with Gasteiger partial charge in [0, 0.05) is 24.3 Å². The number of rotatable bonds is 6. The summed E-state index contributed by atoms with van der Waals surface area (Å²) in [5, 5.41) is 11.7. The van der Waals surface area contributed by atoms with Crippen LogP contribution in [0.2, 0.25) is 0 Å². The fourth-order valence-electron chi connectivity index (χ4n) is 3.64. The SMILES string of the molecule is Cc1ccc(C)c(OC(C)C(=O)Nc2ccc(-c3ccc(N4CCCC4)nn3)cc2)c1. The van der Waals surface area contributed by atoms with Crippen LogP contribution < -0.4 is 15.0 Å². The third kappa shape index (κ3) is 5.02. The molecule has 1 unspecified atom stereocenters. The molecule has 1 aliphatic rings. The maximum atomic E-state index is 12.6. The van der Waals surface area contributed by atoms with E-state index < -0.39 is 6.10 Å². The van der Waals surface area contributed by atoms with Gasteiger partial charge in [-0.15, -0.1) is 10.2 Å². The molecule has 2 heterocycles. The minimum absolute atomic E-state index is 0.191. The average molecular weight is 417 g/mol. The molecule has 6 heteroatoms. The van der Waals surface area contributed by atoms with E-state index >= 15 is 0 Å². The van der Waals surface area contributed by atoms with E-state index in [9.17, 15) is 4.79 Å². The van der Waals surface area contributed by atoms with Gasteiger partial charge in [-0.1, -0.05) is 24.3 Å². The minimum Gasteiger partial charge on any atom is -0.481 e. The van der Waals surface area contributed by atoms with Gasteiger partial charge < -0.3 is 15.0 Å². The molecule has 0 saturated carbocycles. The van der Waals surface area contributed by atoms with Crippen molar-refractivity contribution in [2.45, 2.75) is 39.7 Å². The molecule has 0 bridgehead atoms. The second-order valence-corrected chi connectivity index (χ2v) is 8.07. The Labute approximate surface area is 183 Å². The molecule has 1 atom stereocenters. The molecule has 3 aromatic rings. The van der Waals surface area contributed by atoms with Crippen LogP contribution in [0.3, 0.4) is 0 Å². The van der Waals surface area contributed by atoms with Crippen LogP contribution in [0.25, 0.3) is 11.3 Å². The highest BCUT2D eigenvalue weighted by Crippen LogP contribution is 2.23. The number of nitrogens with one attached hydrogen (secondary N) is 1. The fourth-order valence-corrected chi connectivity index (χ4v) is 3.64. The van der Waals surface area contributed by atoms with Gasteiger partial charge in [-0.25, -0.2) is 0 Å². The second kappa shape index (κ2) is 9.16. The zero-order chi connectivity index (χ0) is 21.8. The summed E-state index contributed by atoms with van der Waals surface area (Å²) in [6.45, 7) is 7.83. The van der Waals surface area contributed by atoms with Gasteiger partial charge in [-0.2, -0.15) is 0 Å². The van der Waals surface area contributed by atoms with Gasteiger partial charge in [0.15, 0.2) is 11.9 Å². The van der Waals surface area contributed by atoms with Crippen LogP contribution in [0.4, 0.5) is 11.5 Å². The summed E-state index contributed by atoms with van der Waals surface area (Å²) in [6.07, 6.45) is 1.82. The smallest absolute Gasteiger partial charge is 0.265 e. The maximum absolute atomic E-state index is 12.6. The molecule has 2 aromatic carbocycles. The predicted molar refractivity (Wildman–Crippen MR) is 124 cm³/mol. The quantitative estimate of drug-likeness (QED) is 0.627.